The molecule has 2 atom stereocenters. The first-order chi connectivity index (χ1) is 34.0. The SMILES string of the molecule is CCc1cnn2c(NCc3ccc(=O)n(CCOCCOCCOCCOCCCc4cc(-c5cnc([C@H](C)NC(=O)OC(C)(C)C)cc5C)cc(C(F)(F)F)n4)c3)cc(N3CCCC[C@H]3CCO)nc12. The quantitative estimate of drug-likeness (QED) is 0.0454. The van der Waals surface area contributed by atoms with Gasteiger partial charge in [-0.25, -0.2) is 14.8 Å². The zero-order valence-electron chi connectivity index (χ0n) is 41.9. The van der Waals surface area contributed by atoms with Gasteiger partial charge in [0.1, 0.15) is 22.9 Å². The number of nitrogens with zero attached hydrogens (tertiary/aromatic N) is 7. The van der Waals surface area contributed by atoms with E-state index in [1.807, 2.05) is 29.0 Å². The van der Waals surface area contributed by atoms with Gasteiger partial charge in [0, 0.05) is 80.2 Å². The summed E-state index contributed by atoms with van der Waals surface area (Å²) in [5.74, 6) is 1.67. The van der Waals surface area contributed by atoms with Gasteiger partial charge in [-0.1, -0.05) is 13.0 Å². The Hall–Kier alpha value is -5.67. The Kier molecular flexibility index (Phi) is 20.1. The summed E-state index contributed by atoms with van der Waals surface area (Å²) >= 11 is 0. The number of aryl methyl sites for hydroxylation is 3. The number of anilines is 2. The summed E-state index contributed by atoms with van der Waals surface area (Å²) < 4.78 is 73.2. The highest BCUT2D eigenvalue weighted by Crippen LogP contribution is 2.34. The van der Waals surface area contributed by atoms with E-state index < -0.39 is 29.6 Å². The van der Waals surface area contributed by atoms with Gasteiger partial charge >= 0.3 is 12.3 Å². The Morgan fingerprint density at radius 1 is 0.930 bits per heavy atom. The number of hydrogen-bond donors (Lipinski definition) is 3. The molecule has 5 aromatic rings. The normalized spacial score (nSPS) is 14.8. The molecule has 388 valence electrons. The van der Waals surface area contributed by atoms with Crippen LogP contribution in [0.15, 0.2) is 59.8 Å². The Morgan fingerprint density at radius 3 is 2.32 bits per heavy atom. The lowest BCUT2D eigenvalue weighted by atomic mass is 9.99. The zero-order chi connectivity index (χ0) is 51.0. The number of amides is 1. The molecule has 0 radical (unpaired) electrons. The van der Waals surface area contributed by atoms with E-state index in [2.05, 4.69) is 37.5 Å². The van der Waals surface area contributed by atoms with Crippen LogP contribution in [0.4, 0.5) is 29.6 Å². The minimum absolute atomic E-state index is 0.125. The van der Waals surface area contributed by atoms with Crippen LogP contribution >= 0.6 is 0 Å². The van der Waals surface area contributed by atoms with Crippen molar-refractivity contribution in [1.82, 2.24) is 34.4 Å². The Morgan fingerprint density at radius 2 is 1.65 bits per heavy atom. The van der Waals surface area contributed by atoms with E-state index in [4.69, 9.17) is 28.7 Å². The summed E-state index contributed by atoms with van der Waals surface area (Å²) in [7, 11) is 0. The van der Waals surface area contributed by atoms with Gasteiger partial charge in [-0.15, -0.1) is 0 Å². The largest absolute Gasteiger partial charge is 0.444 e. The van der Waals surface area contributed by atoms with E-state index in [9.17, 15) is 27.9 Å². The number of ether oxygens (including phenoxy) is 5. The molecule has 0 bridgehead atoms. The molecule has 0 aromatic carbocycles. The average Bonchev–Trinajstić information content (AvgIpc) is 3.75. The fourth-order valence-corrected chi connectivity index (χ4v) is 8.29. The smallest absolute Gasteiger partial charge is 0.433 e. The third-order valence-electron chi connectivity index (χ3n) is 11.9. The second kappa shape index (κ2) is 26.1. The van der Waals surface area contributed by atoms with Crippen molar-refractivity contribution >= 4 is 23.4 Å². The molecule has 71 heavy (non-hydrogen) atoms. The van der Waals surface area contributed by atoms with Crippen molar-refractivity contribution in [3.8, 4) is 11.1 Å². The number of halogens is 3. The lowest BCUT2D eigenvalue weighted by Gasteiger charge is -2.36. The second-order valence-corrected chi connectivity index (χ2v) is 18.6. The molecular weight excluding hydrogens is 924 g/mol. The van der Waals surface area contributed by atoms with Gasteiger partial charge in [-0.2, -0.15) is 22.8 Å². The fraction of sp³-hybridized carbons (Fsp3) is 0.569. The van der Waals surface area contributed by atoms with E-state index in [-0.39, 0.29) is 30.3 Å². The van der Waals surface area contributed by atoms with Crippen LogP contribution < -0.4 is 21.1 Å². The fourth-order valence-electron chi connectivity index (χ4n) is 8.29. The molecule has 1 aliphatic rings. The number of piperidine rings is 1. The summed E-state index contributed by atoms with van der Waals surface area (Å²) in [6.45, 7) is 15.4. The summed E-state index contributed by atoms with van der Waals surface area (Å²) in [4.78, 5) is 40.6. The average molecular weight is 994 g/mol. The summed E-state index contributed by atoms with van der Waals surface area (Å²) in [5, 5.41) is 20.6. The van der Waals surface area contributed by atoms with E-state index in [1.54, 1.807) is 57.4 Å². The van der Waals surface area contributed by atoms with Crippen LogP contribution in [-0.2, 0) is 55.8 Å². The number of aliphatic hydroxyl groups excluding tert-OH is 1. The number of carbonyl (C=O) groups is 1. The van der Waals surface area contributed by atoms with Crippen LogP contribution in [-0.4, -0.2) is 118 Å². The van der Waals surface area contributed by atoms with Crippen LogP contribution in [0.25, 0.3) is 16.8 Å². The number of carbonyl (C=O) groups excluding carboxylic acids is 1. The molecule has 6 heterocycles. The minimum Gasteiger partial charge on any atom is -0.444 e. The summed E-state index contributed by atoms with van der Waals surface area (Å²) in [6, 6.07) is 9.54. The van der Waals surface area contributed by atoms with Gasteiger partial charge < -0.3 is 48.9 Å². The number of nitrogens with one attached hydrogen (secondary N) is 2. The monoisotopic (exact) mass is 994 g/mol. The van der Waals surface area contributed by atoms with E-state index >= 15 is 0 Å². The van der Waals surface area contributed by atoms with Crippen LogP contribution in [0, 0.1) is 6.92 Å². The number of aliphatic hydroxyl groups is 1. The summed E-state index contributed by atoms with van der Waals surface area (Å²) in [6.07, 6.45) is 5.42. The van der Waals surface area contributed by atoms with E-state index in [1.165, 1.54) is 6.20 Å². The molecule has 1 amide bonds. The van der Waals surface area contributed by atoms with Crippen molar-refractivity contribution in [2.24, 2.45) is 0 Å². The highest BCUT2D eigenvalue weighted by atomic mass is 19.4. The van der Waals surface area contributed by atoms with Crippen molar-refractivity contribution in [1.29, 1.82) is 0 Å². The van der Waals surface area contributed by atoms with Crippen molar-refractivity contribution in [2.45, 2.75) is 123 Å². The predicted octanol–water partition coefficient (Wildman–Crippen LogP) is 7.88. The molecule has 0 aliphatic carbocycles. The van der Waals surface area contributed by atoms with Gasteiger partial charge in [0.2, 0.25) is 0 Å². The van der Waals surface area contributed by atoms with Crippen LogP contribution in [0.2, 0.25) is 0 Å². The molecule has 3 N–H and O–H groups in total. The lowest BCUT2D eigenvalue weighted by Crippen LogP contribution is -2.40. The first-order valence-electron chi connectivity index (χ1n) is 24.6. The maximum atomic E-state index is 13.9. The Bertz CT molecular complexity index is 2550. The number of hydrogen-bond acceptors (Lipinski definition) is 14. The van der Waals surface area contributed by atoms with Gasteiger partial charge in [0.15, 0.2) is 5.65 Å². The van der Waals surface area contributed by atoms with E-state index in [0.717, 1.165) is 66.7 Å². The first-order valence-corrected chi connectivity index (χ1v) is 24.6. The molecule has 0 spiro atoms. The standard InChI is InChI=1S/C51H70F3N9O8/c1-7-38-32-57-63-45(30-46(60-48(38)63)62-16-9-8-12-41(62)15-18-64)56-31-37-13-14-47(65)61(34-37)17-20-68-22-24-70-26-25-69-23-21-67-19-10-11-40-28-39(29-44(59-40)51(52,53)54)42-33-55-43(27-35(42)2)36(3)58-49(66)71-50(4,5)6/h13-14,27-30,32-34,36,41,56,64H,7-12,15-26,31H2,1-6H3,(H,58,66)/t36-,41-/m0/s1. The first kappa shape index (κ1) is 54.7. The van der Waals surface area contributed by atoms with Gasteiger partial charge in [0.05, 0.1) is 64.2 Å². The number of fused-ring (bicyclic) bond motifs is 1. The molecule has 0 saturated carbocycles. The second-order valence-electron chi connectivity index (χ2n) is 18.6. The number of rotatable bonds is 26. The predicted molar refractivity (Wildman–Crippen MR) is 264 cm³/mol. The number of aromatic nitrogens is 6. The van der Waals surface area contributed by atoms with E-state index in [0.29, 0.717) is 101 Å². The topological polar surface area (TPSA) is 189 Å². The Labute approximate surface area is 413 Å². The molecule has 5 aromatic heterocycles. The summed E-state index contributed by atoms with van der Waals surface area (Å²) in [5.41, 5.74) is 3.39. The molecule has 0 unspecified atom stereocenters. The molecule has 1 fully saturated rings. The molecule has 1 aliphatic heterocycles. The Balaban J connectivity index is 0.854. The molecule has 17 nitrogen and oxygen atoms in total. The number of alkyl carbamates (subject to hydrolysis) is 1. The molecule has 6 rings (SSSR count). The number of pyridine rings is 3. The maximum Gasteiger partial charge on any atom is 0.433 e. The minimum atomic E-state index is -4.64. The van der Waals surface area contributed by atoms with Gasteiger partial charge in [0.25, 0.3) is 5.56 Å². The van der Waals surface area contributed by atoms with Crippen LogP contribution in [0.1, 0.15) is 107 Å². The van der Waals surface area contributed by atoms with Crippen LogP contribution in [0.3, 0.4) is 0 Å². The van der Waals surface area contributed by atoms with Crippen molar-refractivity contribution in [3.05, 3.63) is 99.1 Å². The van der Waals surface area contributed by atoms with Crippen molar-refractivity contribution < 1.29 is 46.8 Å². The number of alkyl halides is 3. The highest BCUT2D eigenvalue weighted by molar-refractivity contribution is 5.69. The van der Waals surface area contributed by atoms with Gasteiger partial charge in [-0.3, -0.25) is 9.78 Å². The third kappa shape index (κ3) is 16.4. The zero-order valence-corrected chi connectivity index (χ0v) is 41.9. The van der Waals surface area contributed by atoms with Crippen molar-refractivity contribution in [3.63, 3.8) is 0 Å². The van der Waals surface area contributed by atoms with Crippen LogP contribution in [0.5, 0.6) is 0 Å². The molecular formula is C51H70F3N9O8. The maximum absolute atomic E-state index is 13.9. The third-order valence-corrected chi connectivity index (χ3v) is 11.9. The molecule has 20 heteroatoms. The molecule has 1 saturated heterocycles. The lowest BCUT2D eigenvalue weighted by molar-refractivity contribution is -0.141. The highest BCUT2D eigenvalue weighted by Gasteiger charge is 2.33. The van der Waals surface area contributed by atoms with Gasteiger partial charge in [-0.05, 0) is 114 Å². The van der Waals surface area contributed by atoms with Crippen molar-refractivity contribution in [2.75, 3.05) is 76.2 Å².